The summed E-state index contributed by atoms with van der Waals surface area (Å²) in [7, 11) is 0. The van der Waals surface area contributed by atoms with E-state index in [2.05, 4.69) is 19.8 Å². The first-order valence-electron chi connectivity index (χ1n) is 6.94. The molecule has 0 bridgehead atoms. The zero-order valence-corrected chi connectivity index (χ0v) is 11.7. The molecule has 2 nitrogen and oxygen atoms in total. The molecule has 0 spiro atoms. The molecule has 0 aliphatic heterocycles. The minimum atomic E-state index is 0.0557. The molecule has 1 aliphatic carbocycles. The predicted octanol–water partition coefficient (Wildman–Crippen LogP) is 3.30. The first-order chi connectivity index (χ1) is 9.11. The summed E-state index contributed by atoms with van der Waals surface area (Å²) in [5.74, 6) is 3.79. The molecule has 0 saturated heterocycles. The van der Waals surface area contributed by atoms with Crippen LogP contribution in [0.3, 0.4) is 0 Å². The Balaban J connectivity index is 2.09. The number of hydrogen-bond donors (Lipinski definition) is 0. The number of nitrogens with zero attached hydrogens (tertiary/aromatic N) is 1. The largest absolute Gasteiger partial charge is 0.327 e. The van der Waals surface area contributed by atoms with E-state index in [1.807, 2.05) is 24.3 Å². The maximum absolute atomic E-state index is 12.4. The molecule has 0 heterocycles. The van der Waals surface area contributed by atoms with E-state index in [9.17, 15) is 4.79 Å². The Morgan fingerprint density at radius 1 is 1.37 bits per heavy atom. The molecule has 1 amide bonds. The Hall–Kier alpha value is -1.75. The van der Waals surface area contributed by atoms with Gasteiger partial charge in [0.25, 0.3) is 5.91 Å². The third-order valence-electron chi connectivity index (χ3n) is 3.57. The number of benzene rings is 1. The van der Waals surface area contributed by atoms with Crippen LogP contribution in [-0.4, -0.2) is 23.9 Å². The van der Waals surface area contributed by atoms with Crippen molar-refractivity contribution in [3.8, 4) is 12.3 Å². The number of carbonyl (C=O) groups is 1. The van der Waals surface area contributed by atoms with Crippen LogP contribution < -0.4 is 0 Å². The maximum Gasteiger partial charge on any atom is 0.254 e. The Morgan fingerprint density at radius 3 is 2.47 bits per heavy atom. The molecule has 0 N–H and O–H groups in total. The van der Waals surface area contributed by atoms with E-state index in [1.165, 1.54) is 18.4 Å². The van der Waals surface area contributed by atoms with E-state index in [4.69, 9.17) is 6.42 Å². The van der Waals surface area contributed by atoms with Gasteiger partial charge in [0.05, 0.1) is 6.54 Å². The summed E-state index contributed by atoms with van der Waals surface area (Å²) >= 11 is 0. The Morgan fingerprint density at radius 2 is 2.00 bits per heavy atom. The van der Waals surface area contributed by atoms with Gasteiger partial charge in [-0.05, 0) is 42.4 Å². The summed E-state index contributed by atoms with van der Waals surface area (Å²) in [5.41, 5.74) is 1.99. The van der Waals surface area contributed by atoms with Crippen molar-refractivity contribution < 1.29 is 4.79 Å². The fourth-order valence-corrected chi connectivity index (χ4v) is 2.13. The van der Waals surface area contributed by atoms with Gasteiger partial charge in [0.15, 0.2) is 0 Å². The van der Waals surface area contributed by atoms with Crippen LogP contribution in [0.2, 0.25) is 0 Å². The lowest BCUT2D eigenvalue weighted by molar-refractivity contribution is 0.0770. The zero-order chi connectivity index (χ0) is 13.8. The molecular formula is C17H21NO. The minimum absolute atomic E-state index is 0.0557. The van der Waals surface area contributed by atoms with Crippen LogP contribution in [0, 0.1) is 18.3 Å². The fourth-order valence-electron chi connectivity index (χ4n) is 2.13. The second-order valence-corrected chi connectivity index (χ2v) is 5.61. The number of rotatable bonds is 5. The molecule has 0 aromatic heterocycles. The molecule has 2 rings (SSSR count). The van der Waals surface area contributed by atoms with E-state index in [1.54, 1.807) is 4.90 Å². The Labute approximate surface area is 115 Å². The van der Waals surface area contributed by atoms with Crippen LogP contribution in [0.15, 0.2) is 24.3 Å². The molecule has 0 atom stereocenters. The average Bonchev–Trinajstić information content (AvgIpc) is 3.21. The molecule has 0 radical (unpaired) electrons. The van der Waals surface area contributed by atoms with E-state index in [0.29, 0.717) is 18.4 Å². The van der Waals surface area contributed by atoms with Crippen LogP contribution in [0.1, 0.15) is 48.5 Å². The molecule has 2 heteroatoms. The van der Waals surface area contributed by atoms with Crippen molar-refractivity contribution in [1.82, 2.24) is 4.90 Å². The normalized spacial score (nSPS) is 14.2. The van der Waals surface area contributed by atoms with Gasteiger partial charge in [0.1, 0.15) is 0 Å². The van der Waals surface area contributed by atoms with Crippen molar-refractivity contribution in [2.24, 2.45) is 5.92 Å². The third-order valence-corrected chi connectivity index (χ3v) is 3.57. The van der Waals surface area contributed by atoms with Crippen LogP contribution >= 0.6 is 0 Å². The smallest absolute Gasteiger partial charge is 0.254 e. The molecule has 0 unspecified atom stereocenters. The number of carbonyl (C=O) groups excluding carboxylic acids is 1. The van der Waals surface area contributed by atoms with Gasteiger partial charge in [-0.25, -0.2) is 0 Å². The highest BCUT2D eigenvalue weighted by Crippen LogP contribution is 2.30. The average molecular weight is 255 g/mol. The van der Waals surface area contributed by atoms with Gasteiger partial charge in [-0.15, -0.1) is 6.42 Å². The molecule has 1 aromatic rings. The quantitative estimate of drug-likeness (QED) is 0.739. The second kappa shape index (κ2) is 5.93. The SMILES string of the molecule is C#CCN(CC1CC1)C(=O)c1ccc(C(C)C)cc1. The van der Waals surface area contributed by atoms with Gasteiger partial charge in [0, 0.05) is 12.1 Å². The van der Waals surface area contributed by atoms with E-state index < -0.39 is 0 Å². The van der Waals surface area contributed by atoms with Gasteiger partial charge in [-0.3, -0.25) is 4.79 Å². The summed E-state index contributed by atoms with van der Waals surface area (Å²) in [4.78, 5) is 14.2. The monoisotopic (exact) mass is 255 g/mol. The van der Waals surface area contributed by atoms with Gasteiger partial charge < -0.3 is 4.90 Å². The second-order valence-electron chi connectivity index (χ2n) is 5.61. The fraction of sp³-hybridized carbons (Fsp3) is 0.471. The summed E-state index contributed by atoms with van der Waals surface area (Å²) in [5, 5.41) is 0. The van der Waals surface area contributed by atoms with Crippen molar-refractivity contribution in [1.29, 1.82) is 0 Å². The lowest BCUT2D eigenvalue weighted by atomic mass is 10.0. The molecule has 1 saturated carbocycles. The van der Waals surface area contributed by atoms with E-state index >= 15 is 0 Å². The van der Waals surface area contributed by atoms with Crippen LogP contribution in [0.25, 0.3) is 0 Å². The van der Waals surface area contributed by atoms with Crippen molar-refractivity contribution in [3.05, 3.63) is 35.4 Å². The standard InChI is InChI=1S/C17H21NO/c1-4-11-18(12-14-5-6-14)17(19)16-9-7-15(8-10-16)13(2)3/h1,7-10,13-14H,5-6,11-12H2,2-3H3. The topological polar surface area (TPSA) is 20.3 Å². The van der Waals surface area contributed by atoms with Crippen molar-refractivity contribution in [2.45, 2.75) is 32.6 Å². The third kappa shape index (κ3) is 3.61. The van der Waals surface area contributed by atoms with Crippen molar-refractivity contribution in [3.63, 3.8) is 0 Å². The highest BCUT2D eigenvalue weighted by molar-refractivity contribution is 5.94. The molecule has 1 aromatic carbocycles. The lowest BCUT2D eigenvalue weighted by Gasteiger charge is -2.20. The number of hydrogen-bond acceptors (Lipinski definition) is 1. The highest BCUT2D eigenvalue weighted by atomic mass is 16.2. The van der Waals surface area contributed by atoms with Crippen LogP contribution in [0.4, 0.5) is 0 Å². The zero-order valence-electron chi connectivity index (χ0n) is 11.7. The summed E-state index contributed by atoms with van der Waals surface area (Å²) in [6.07, 6.45) is 7.81. The van der Waals surface area contributed by atoms with Gasteiger partial charge in [-0.1, -0.05) is 31.9 Å². The number of amides is 1. The van der Waals surface area contributed by atoms with Gasteiger partial charge in [-0.2, -0.15) is 0 Å². The minimum Gasteiger partial charge on any atom is -0.327 e. The molecular weight excluding hydrogens is 234 g/mol. The summed E-state index contributed by atoms with van der Waals surface area (Å²) in [6.45, 7) is 5.50. The Kier molecular flexibility index (Phi) is 4.27. The molecule has 19 heavy (non-hydrogen) atoms. The van der Waals surface area contributed by atoms with Gasteiger partial charge in [0.2, 0.25) is 0 Å². The van der Waals surface area contributed by atoms with Crippen molar-refractivity contribution >= 4 is 5.91 Å². The van der Waals surface area contributed by atoms with E-state index in [0.717, 1.165) is 12.1 Å². The predicted molar refractivity (Wildman–Crippen MR) is 78.0 cm³/mol. The summed E-state index contributed by atoms with van der Waals surface area (Å²) < 4.78 is 0. The maximum atomic E-state index is 12.4. The molecule has 1 aliphatic rings. The molecule has 100 valence electrons. The number of terminal acetylenes is 1. The van der Waals surface area contributed by atoms with Crippen LogP contribution in [-0.2, 0) is 0 Å². The highest BCUT2D eigenvalue weighted by Gasteiger charge is 2.26. The van der Waals surface area contributed by atoms with E-state index in [-0.39, 0.29) is 5.91 Å². The summed E-state index contributed by atoms with van der Waals surface area (Å²) in [6, 6.07) is 7.88. The van der Waals surface area contributed by atoms with Crippen molar-refractivity contribution in [2.75, 3.05) is 13.1 Å². The lowest BCUT2D eigenvalue weighted by Crippen LogP contribution is -2.33. The first-order valence-corrected chi connectivity index (χ1v) is 6.94. The molecule has 1 fully saturated rings. The van der Waals surface area contributed by atoms with Crippen LogP contribution in [0.5, 0.6) is 0 Å². The first kappa shape index (κ1) is 13.7. The van der Waals surface area contributed by atoms with Gasteiger partial charge >= 0.3 is 0 Å². The Bertz CT molecular complexity index is 477.